The molecule has 8 heteroatoms. The lowest BCUT2D eigenvalue weighted by Crippen LogP contribution is -2.37. The van der Waals surface area contributed by atoms with Crippen LogP contribution < -0.4 is 15.5 Å². The molecule has 0 aliphatic rings. The predicted octanol–water partition coefficient (Wildman–Crippen LogP) is 3.01. The average molecular weight is 422 g/mol. The molecular weight excluding hydrogens is 399 g/mol. The second-order valence-electron chi connectivity index (χ2n) is 6.84. The first-order chi connectivity index (χ1) is 14.9. The number of carbonyl (C=O) groups excluding carboxylic acids is 2. The van der Waals surface area contributed by atoms with Gasteiger partial charge in [0.25, 0.3) is 0 Å². The molecule has 0 spiro atoms. The Morgan fingerprint density at radius 3 is 2.48 bits per heavy atom. The first-order valence-electron chi connectivity index (χ1n) is 9.58. The number of para-hydroxylation sites is 1. The first kappa shape index (κ1) is 21.8. The fraction of sp³-hybridized carbons (Fsp3) is 0.174. The molecule has 31 heavy (non-hydrogen) atoms. The molecule has 0 radical (unpaired) electrons. The largest absolute Gasteiger partial charge is 0.497 e. The van der Waals surface area contributed by atoms with E-state index in [1.54, 1.807) is 54.1 Å². The van der Waals surface area contributed by atoms with Crippen molar-refractivity contribution in [1.29, 1.82) is 0 Å². The van der Waals surface area contributed by atoms with Crippen molar-refractivity contribution in [2.24, 2.45) is 5.10 Å². The molecule has 3 rings (SSSR count). The second kappa shape index (κ2) is 9.71. The van der Waals surface area contributed by atoms with Crippen molar-refractivity contribution in [2.45, 2.75) is 20.4 Å². The van der Waals surface area contributed by atoms with Crippen molar-refractivity contribution in [3.05, 3.63) is 82.9 Å². The van der Waals surface area contributed by atoms with Crippen LogP contribution in [0.4, 0.5) is 4.39 Å². The lowest BCUT2D eigenvalue weighted by molar-refractivity contribution is -0.139. The highest BCUT2D eigenvalue weighted by atomic mass is 19.1. The maximum Gasteiger partial charge on any atom is 0.329 e. The zero-order chi connectivity index (χ0) is 22.4. The maximum atomic E-state index is 14.2. The van der Waals surface area contributed by atoms with Crippen molar-refractivity contribution in [1.82, 2.24) is 15.3 Å². The van der Waals surface area contributed by atoms with Gasteiger partial charge in [-0.1, -0.05) is 24.3 Å². The summed E-state index contributed by atoms with van der Waals surface area (Å²) in [5.41, 5.74) is 5.72. The van der Waals surface area contributed by atoms with Gasteiger partial charge >= 0.3 is 11.8 Å². The molecule has 160 valence electrons. The summed E-state index contributed by atoms with van der Waals surface area (Å²) >= 11 is 0. The van der Waals surface area contributed by atoms with Gasteiger partial charge in [-0.25, -0.2) is 9.82 Å². The van der Waals surface area contributed by atoms with Crippen molar-refractivity contribution in [2.75, 3.05) is 7.11 Å². The average Bonchev–Trinajstić information content (AvgIpc) is 3.05. The summed E-state index contributed by atoms with van der Waals surface area (Å²) in [6.45, 7) is 3.87. The van der Waals surface area contributed by atoms with E-state index in [9.17, 15) is 14.0 Å². The van der Waals surface area contributed by atoms with Gasteiger partial charge in [-0.2, -0.15) is 5.10 Å². The standard InChI is InChI=1S/C23H23FN4O3/c1-15-12-18(16(2)28(15)21-7-5-4-6-20(21)24)14-26-27-23(30)22(29)25-13-17-8-10-19(31-3)11-9-17/h4-12,14H,13H2,1-3H3,(H,25,29)(H,27,30)/b26-14-. The monoisotopic (exact) mass is 422 g/mol. The number of aromatic nitrogens is 1. The van der Waals surface area contributed by atoms with Crippen LogP contribution in [0.2, 0.25) is 0 Å². The van der Waals surface area contributed by atoms with Crippen LogP contribution in [0.25, 0.3) is 5.69 Å². The number of benzene rings is 2. The molecule has 0 aliphatic heterocycles. The Labute approximate surface area is 179 Å². The molecule has 0 saturated carbocycles. The minimum Gasteiger partial charge on any atom is -0.497 e. The van der Waals surface area contributed by atoms with Gasteiger partial charge in [0.2, 0.25) is 0 Å². The highest BCUT2D eigenvalue weighted by Crippen LogP contribution is 2.21. The normalized spacial score (nSPS) is 10.8. The van der Waals surface area contributed by atoms with E-state index in [-0.39, 0.29) is 12.4 Å². The molecule has 0 saturated heterocycles. The van der Waals surface area contributed by atoms with Crippen LogP contribution >= 0.6 is 0 Å². The van der Waals surface area contributed by atoms with E-state index in [0.717, 1.165) is 17.0 Å². The number of nitrogens with one attached hydrogen (secondary N) is 2. The van der Waals surface area contributed by atoms with Crippen LogP contribution in [0.3, 0.4) is 0 Å². The molecule has 3 aromatic rings. The third-order valence-corrected chi connectivity index (χ3v) is 4.75. The summed E-state index contributed by atoms with van der Waals surface area (Å²) in [6.07, 6.45) is 1.42. The number of carbonyl (C=O) groups is 2. The first-order valence-corrected chi connectivity index (χ1v) is 9.58. The lowest BCUT2D eigenvalue weighted by Gasteiger charge is -2.10. The number of aryl methyl sites for hydroxylation is 1. The van der Waals surface area contributed by atoms with Crippen LogP contribution in [-0.4, -0.2) is 29.7 Å². The molecule has 2 aromatic carbocycles. The third kappa shape index (κ3) is 5.16. The summed E-state index contributed by atoms with van der Waals surface area (Å²) in [5.74, 6) is -1.32. The minimum absolute atomic E-state index is 0.198. The second-order valence-corrected chi connectivity index (χ2v) is 6.84. The van der Waals surface area contributed by atoms with Gasteiger partial charge in [-0.05, 0) is 49.7 Å². The van der Waals surface area contributed by atoms with Crippen LogP contribution in [-0.2, 0) is 16.1 Å². The summed E-state index contributed by atoms with van der Waals surface area (Å²) in [4.78, 5) is 23.9. The molecule has 2 N–H and O–H groups in total. The maximum absolute atomic E-state index is 14.2. The summed E-state index contributed by atoms with van der Waals surface area (Å²) in [6, 6.07) is 15.4. The van der Waals surface area contributed by atoms with E-state index in [1.165, 1.54) is 12.3 Å². The smallest absolute Gasteiger partial charge is 0.329 e. The van der Waals surface area contributed by atoms with Gasteiger partial charge in [0, 0.05) is 23.5 Å². The quantitative estimate of drug-likeness (QED) is 0.364. The van der Waals surface area contributed by atoms with Crippen LogP contribution in [0.5, 0.6) is 5.75 Å². The Hall–Kier alpha value is -3.94. The Kier molecular flexibility index (Phi) is 6.81. The number of halogens is 1. The van der Waals surface area contributed by atoms with Crippen molar-refractivity contribution >= 4 is 18.0 Å². The van der Waals surface area contributed by atoms with Gasteiger partial charge in [-0.15, -0.1) is 0 Å². The Balaban J connectivity index is 1.60. The molecule has 7 nitrogen and oxygen atoms in total. The number of nitrogens with zero attached hydrogens (tertiary/aromatic N) is 2. The van der Waals surface area contributed by atoms with Gasteiger partial charge in [0.1, 0.15) is 11.6 Å². The SMILES string of the molecule is COc1ccc(CNC(=O)C(=O)N/N=C\c2cc(C)n(-c3ccccc3F)c2C)cc1. The number of hydrazone groups is 1. The predicted molar refractivity (Wildman–Crippen MR) is 116 cm³/mol. The van der Waals surface area contributed by atoms with Crippen LogP contribution in [0, 0.1) is 19.7 Å². The van der Waals surface area contributed by atoms with Crippen molar-refractivity contribution < 1.29 is 18.7 Å². The van der Waals surface area contributed by atoms with Crippen LogP contribution in [0.1, 0.15) is 22.5 Å². The minimum atomic E-state index is -0.882. The molecule has 1 aromatic heterocycles. The van der Waals surface area contributed by atoms with Gasteiger partial charge < -0.3 is 14.6 Å². The number of amides is 2. The molecular formula is C23H23FN4O3. The molecule has 0 bridgehead atoms. The summed E-state index contributed by atoms with van der Waals surface area (Å²) in [5, 5.41) is 6.39. The van der Waals surface area contributed by atoms with Crippen LogP contribution in [0.15, 0.2) is 59.7 Å². The highest BCUT2D eigenvalue weighted by molar-refractivity contribution is 6.35. The fourth-order valence-electron chi connectivity index (χ4n) is 3.14. The van der Waals surface area contributed by atoms with Crippen molar-refractivity contribution in [3.63, 3.8) is 0 Å². The topological polar surface area (TPSA) is 84.7 Å². The van der Waals surface area contributed by atoms with E-state index >= 15 is 0 Å². The number of ether oxygens (including phenoxy) is 1. The van der Waals surface area contributed by atoms with Gasteiger partial charge in [0.15, 0.2) is 0 Å². The number of methoxy groups -OCH3 is 1. The highest BCUT2D eigenvalue weighted by Gasteiger charge is 2.14. The van der Waals surface area contributed by atoms with E-state index in [4.69, 9.17) is 4.74 Å². The number of rotatable bonds is 6. The van der Waals surface area contributed by atoms with E-state index in [2.05, 4.69) is 15.8 Å². The summed E-state index contributed by atoms with van der Waals surface area (Å²) in [7, 11) is 1.57. The molecule has 0 aliphatic carbocycles. The Bertz CT molecular complexity index is 1120. The zero-order valence-corrected chi connectivity index (χ0v) is 17.5. The molecule has 1 heterocycles. The molecule has 0 unspecified atom stereocenters. The molecule has 2 amide bonds. The Morgan fingerprint density at radius 2 is 1.81 bits per heavy atom. The lowest BCUT2D eigenvalue weighted by atomic mass is 10.2. The van der Waals surface area contributed by atoms with Crippen molar-refractivity contribution in [3.8, 4) is 11.4 Å². The molecule has 0 fully saturated rings. The number of hydrogen-bond donors (Lipinski definition) is 2. The molecule has 0 atom stereocenters. The van der Waals surface area contributed by atoms with E-state index in [0.29, 0.717) is 17.0 Å². The Morgan fingerprint density at radius 1 is 1.10 bits per heavy atom. The van der Waals surface area contributed by atoms with E-state index in [1.807, 2.05) is 19.9 Å². The van der Waals surface area contributed by atoms with Gasteiger partial charge in [-0.3, -0.25) is 9.59 Å². The fourth-order valence-corrected chi connectivity index (χ4v) is 3.14. The number of hydrogen-bond acceptors (Lipinski definition) is 4. The zero-order valence-electron chi connectivity index (χ0n) is 17.5. The van der Waals surface area contributed by atoms with E-state index < -0.39 is 11.8 Å². The third-order valence-electron chi connectivity index (χ3n) is 4.75. The van der Waals surface area contributed by atoms with Gasteiger partial charge in [0.05, 0.1) is 19.0 Å². The summed E-state index contributed by atoms with van der Waals surface area (Å²) < 4.78 is 21.0.